The van der Waals surface area contributed by atoms with Crippen LogP contribution in [0.15, 0.2) is 18.5 Å². The molecule has 0 bridgehead atoms. The van der Waals surface area contributed by atoms with Crippen LogP contribution in [0.4, 0.5) is 0 Å². The van der Waals surface area contributed by atoms with E-state index in [9.17, 15) is 4.79 Å². The lowest BCUT2D eigenvalue weighted by Crippen LogP contribution is -2.24. The van der Waals surface area contributed by atoms with Crippen molar-refractivity contribution in [3.8, 4) is 0 Å². The SMILES string of the molecule is CCNC(=O)CCn1c(CCl)nc2cnccc21. The number of imidazole rings is 1. The number of nitrogens with one attached hydrogen (secondary N) is 1. The lowest BCUT2D eigenvalue weighted by Gasteiger charge is -2.07. The molecule has 18 heavy (non-hydrogen) atoms. The fourth-order valence-electron chi connectivity index (χ4n) is 1.88. The van der Waals surface area contributed by atoms with Gasteiger partial charge >= 0.3 is 0 Å². The topological polar surface area (TPSA) is 59.8 Å². The quantitative estimate of drug-likeness (QED) is 0.838. The van der Waals surface area contributed by atoms with Crippen LogP contribution in [0.1, 0.15) is 19.2 Å². The number of aryl methyl sites for hydroxylation is 1. The van der Waals surface area contributed by atoms with Crippen LogP contribution in [-0.2, 0) is 17.2 Å². The highest BCUT2D eigenvalue weighted by molar-refractivity contribution is 6.16. The summed E-state index contributed by atoms with van der Waals surface area (Å²) in [5, 5.41) is 2.78. The van der Waals surface area contributed by atoms with Gasteiger partial charge in [0.1, 0.15) is 11.3 Å². The van der Waals surface area contributed by atoms with E-state index in [4.69, 9.17) is 11.6 Å². The first-order valence-electron chi connectivity index (χ1n) is 5.88. The minimum absolute atomic E-state index is 0.0360. The highest BCUT2D eigenvalue weighted by Crippen LogP contribution is 2.16. The average molecular weight is 267 g/mol. The molecule has 0 aromatic carbocycles. The molecule has 0 aliphatic heterocycles. The molecule has 0 saturated carbocycles. The minimum Gasteiger partial charge on any atom is -0.356 e. The molecule has 1 amide bonds. The Bertz CT molecular complexity index is 552. The van der Waals surface area contributed by atoms with Crippen LogP contribution in [0.25, 0.3) is 11.0 Å². The van der Waals surface area contributed by atoms with E-state index in [2.05, 4.69) is 15.3 Å². The fraction of sp³-hybridized carbons (Fsp3) is 0.417. The van der Waals surface area contributed by atoms with Crippen molar-refractivity contribution in [2.45, 2.75) is 25.8 Å². The van der Waals surface area contributed by atoms with Gasteiger partial charge in [0.25, 0.3) is 0 Å². The number of pyridine rings is 1. The zero-order valence-electron chi connectivity index (χ0n) is 10.2. The zero-order valence-corrected chi connectivity index (χ0v) is 10.9. The summed E-state index contributed by atoms with van der Waals surface area (Å²) in [6, 6.07) is 1.89. The second-order valence-electron chi connectivity index (χ2n) is 3.88. The van der Waals surface area contributed by atoms with Crippen LogP contribution in [0.5, 0.6) is 0 Å². The van der Waals surface area contributed by atoms with Crippen molar-refractivity contribution in [1.29, 1.82) is 0 Å². The molecule has 6 heteroatoms. The maximum atomic E-state index is 11.5. The highest BCUT2D eigenvalue weighted by Gasteiger charge is 2.10. The number of halogens is 1. The van der Waals surface area contributed by atoms with Crippen molar-refractivity contribution in [1.82, 2.24) is 19.9 Å². The summed E-state index contributed by atoms with van der Waals surface area (Å²) in [7, 11) is 0. The summed E-state index contributed by atoms with van der Waals surface area (Å²) in [5.74, 6) is 1.13. The van der Waals surface area contributed by atoms with Gasteiger partial charge in [-0.2, -0.15) is 0 Å². The van der Waals surface area contributed by atoms with Gasteiger partial charge in [-0.1, -0.05) is 0 Å². The third-order valence-electron chi connectivity index (χ3n) is 2.69. The third-order valence-corrected chi connectivity index (χ3v) is 2.92. The van der Waals surface area contributed by atoms with E-state index < -0.39 is 0 Å². The summed E-state index contributed by atoms with van der Waals surface area (Å²) in [6.45, 7) is 3.13. The average Bonchev–Trinajstić information content (AvgIpc) is 2.74. The molecular weight excluding hydrogens is 252 g/mol. The van der Waals surface area contributed by atoms with Crippen LogP contribution in [0, 0.1) is 0 Å². The van der Waals surface area contributed by atoms with E-state index in [0.717, 1.165) is 16.9 Å². The van der Waals surface area contributed by atoms with Gasteiger partial charge < -0.3 is 9.88 Å². The van der Waals surface area contributed by atoms with Crippen molar-refractivity contribution in [2.24, 2.45) is 0 Å². The molecule has 0 spiro atoms. The van der Waals surface area contributed by atoms with Crippen LogP contribution < -0.4 is 5.32 Å². The Hall–Kier alpha value is -1.62. The first-order chi connectivity index (χ1) is 8.76. The maximum Gasteiger partial charge on any atom is 0.221 e. The van der Waals surface area contributed by atoms with Crippen molar-refractivity contribution in [3.05, 3.63) is 24.3 Å². The van der Waals surface area contributed by atoms with Crippen molar-refractivity contribution < 1.29 is 4.79 Å². The molecule has 0 aliphatic rings. The van der Waals surface area contributed by atoms with Crippen LogP contribution in [-0.4, -0.2) is 27.0 Å². The third kappa shape index (κ3) is 2.61. The second kappa shape index (κ2) is 5.82. The maximum absolute atomic E-state index is 11.5. The lowest BCUT2D eigenvalue weighted by molar-refractivity contribution is -0.121. The van der Waals surface area contributed by atoms with Gasteiger partial charge in [-0.3, -0.25) is 9.78 Å². The number of alkyl halides is 1. The van der Waals surface area contributed by atoms with Crippen LogP contribution in [0.2, 0.25) is 0 Å². The van der Waals surface area contributed by atoms with E-state index >= 15 is 0 Å². The van der Waals surface area contributed by atoms with Gasteiger partial charge in [0.05, 0.1) is 17.6 Å². The number of hydrogen-bond donors (Lipinski definition) is 1. The first-order valence-corrected chi connectivity index (χ1v) is 6.41. The number of rotatable bonds is 5. The molecule has 96 valence electrons. The summed E-state index contributed by atoms with van der Waals surface area (Å²) >= 11 is 5.88. The summed E-state index contributed by atoms with van der Waals surface area (Å²) in [6.07, 6.45) is 3.84. The lowest BCUT2D eigenvalue weighted by atomic mass is 10.3. The van der Waals surface area contributed by atoms with E-state index in [-0.39, 0.29) is 5.91 Å². The summed E-state index contributed by atoms with van der Waals surface area (Å²) in [5.41, 5.74) is 1.77. The largest absolute Gasteiger partial charge is 0.356 e. The predicted octanol–water partition coefficient (Wildman–Crippen LogP) is 1.70. The summed E-state index contributed by atoms with van der Waals surface area (Å²) < 4.78 is 1.97. The molecule has 0 unspecified atom stereocenters. The number of hydrogen-bond acceptors (Lipinski definition) is 3. The molecule has 0 radical (unpaired) electrons. The fourth-order valence-corrected chi connectivity index (χ4v) is 2.09. The van der Waals surface area contributed by atoms with Gasteiger partial charge in [0, 0.05) is 25.7 Å². The normalized spacial score (nSPS) is 10.8. The number of aromatic nitrogens is 3. The van der Waals surface area contributed by atoms with E-state index in [1.807, 2.05) is 17.6 Å². The molecule has 5 nitrogen and oxygen atoms in total. The first kappa shape index (κ1) is 12.8. The van der Waals surface area contributed by atoms with Crippen molar-refractivity contribution >= 4 is 28.5 Å². The van der Waals surface area contributed by atoms with Crippen molar-refractivity contribution in [3.63, 3.8) is 0 Å². The molecule has 0 aliphatic carbocycles. The zero-order chi connectivity index (χ0) is 13.0. The molecule has 2 rings (SSSR count). The predicted molar refractivity (Wildman–Crippen MR) is 70.4 cm³/mol. The molecule has 1 N–H and O–H groups in total. The van der Waals surface area contributed by atoms with Crippen molar-refractivity contribution in [2.75, 3.05) is 6.54 Å². The Labute approximate surface area is 110 Å². The Balaban J connectivity index is 2.23. The van der Waals surface area contributed by atoms with Gasteiger partial charge in [-0.25, -0.2) is 4.98 Å². The van der Waals surface area contributed by atoms with E-state index in [0.29, 0.717) is 25.4 Å². The molecule has 0 fully saturated rings. The molecule has 0 saturated heterocycles. The Morgan fingerprint density at radius 2 is 2.39 bits per heavy atom. The number of carbonyl (C=O) groups excluding carboxylic acids is 1. The monoisotopic (exact) mass is 266 g/mol. The molecule has 2 aromatic heterocycles. The van der Waals surface area contributed by atoms with Gasteiger partial charge in [0.15, 0.2) is 0 Å². The smallest absolute Gasteiger partial charge is 0.221 e. The number of fused-ring (bicyclic) bond motifs is 1. The minimum atomic E-state index is 0.0360. The highest BCUT2D eigenvalue weighted by atomic mass is 35.5. The van der Waals surface area contributed by atoms with Crippen LogP contribution in [0.3, 0.4) is 0 Å². The van der Waals surface area contributed by atoms with Gasteiger partial charge in [0.2, 0.25) is 5.91 Å². The van der Waals surface area contributed by atoms with Gasteiger partial charge in [-0.05, 0) is 13.0 Å². The van der Waals surface area contributed by atoms with Crippen LogP contribution >= 0.6 is 11.6 Å². The molecular formula is C12H15ClN4O. The summed E-state index contributed by atoms with van der Waals surface area (Å²) in [4.78, 5) is 19.9. The Kier molecular flexibility index (Phi) is 4.15. The Morgan fingerprint density at radius 1 is 1.56 bits per heavy atom. The standard InChI is InChI=1S/C12H15ClN4O/c1-2-15-12(18)4-6-17-10-3-5-14-8-9(10)16-11(17)7-13/h3,5,8H,2,4,6-7H2,1H3,(H,15,18). The number of carbonyl (C=O) groups is 1. The van der Waals surface area contributed by atoms with E-state index in [1.165, 1.54) is 0 Å². The molecule has 2 heterocycles. The Morgan fingerprint density at radius 3 is 3.11 bits per heavy atom. The number of amides is 1. The number of nitrogens with zero attached hydrogens (tertiary/aromatic N) is 3. The van der Waals surface area contributed by atoms with E-state index in [1.54, 1.807) is 12.4 Å². The van der Waals surface area contributed by atoms with Gasteiger partial charge in [-0.15, -0.1) is 11.6 Å². The molecule has 2 aromatic rings. The second-order valence-corrected chi connectivity index (χ2v) is 4.15. The molecule has 0 atom stereocenters.